The Labute approximate surface area is 120 Å². The second-order valence-electron chi connectivity index (χ2n) is 4.50. The molecule has 1 N–H and O–H groups in total. The van der Waals surface area contributed by atoms with E-state index in [9.17, 15) is 14.4 Å². The summed E-state index contributed by atoms with van der Waals surface area (Å²) in [5.41, 5.74) is 0.654. The number of carboxylic acids is 1. The Morgan fingerprint density at radius 2 is 2.15 bits per heavy atom. The molecule has 0 bridgehead atoms. The smallest absolute Gasteiger partial charge is 0.323 e. The Morgan fingerprint density at radius 3 is 2.75 bits per heavy atom. The van der Waals surface area contributed by atoms with E-state index < -0.39 is 30.4 Å². The Balaban J connectivity index is 2.26. The van der Waals surface area contributed by atoms with Crippen LogP contribution in [-0.4, -0.2) is 46.9 Å². The number of halogens is 1. The van der Waals surface area contributed by atoms with Crippen molar-refractivity contribution in [3.8, 4) is 0 Å². The predicted octanol–water partition coefficient (Wildman–Crippen LogP) is 0.988. The molecule has 1 aromatic carbocycles. The third-order valence-electron chi connectivity index (χ3n) is 3.13. The van der Waals surface area contributed by atoms with Crippen LogP contribution in [0.25, 0.3) is 0 Å². The van der Waals surface area contributed by atoms with Crippen LogP contribution in [0, 0.1) is 0 Å². The van der Waals surface area contributed by atoms with Gasteiger partial charge in [-0.1, -0.05) is 17.7 Å². The van der Waals surface area contributed by atoms with Crippen molar-refractivity contribution in [2.45, 2.75) is 13.0 Å². The highest BCUT2D eigenvalue weighted by Crippen LogP contribution is 2.24. The molecule has 1 saturated heterocycles. The van der Waals surface area contributed by atoms with Gasteiger partial charge in [-0.3, -0.25) is 19.3 Å². The van der Waals surface area contributed by atoms with Crippen molar-refractivity contribution in [2.75, 3.05) is 18.0 Å². The van der Waals surface area contributed by atoms with E-state index in [4.69, 9.17) is 16.7 Å². The van der Waals surface area contributed by atoms with Gasteiger partial charge in [-0.25, -0.2) is 0 Å². The first-order valence-electron chi connectivity index (χ1n) is 5.98. The standard InChI is InChI=1S/C13H13ClN2O4/c1-8-13(20)16(7-12(18)19)11(17)6-15(8)10-4-2-3-9(14)5-10/h2-5,8H,6-7H2,1H3,(H,18,19). The second-order valence-corrected chi connectivity index (χ2v) is 4.93. The molecule has 1 atom stereocenters. The number of aliphatic carboxylic acids is 1. The lowest BCUT2D eigenvalue weighted by Gasteiger charge is -2.38. The van der Waals surface area contributed by atoms with Crippen molar-refractivity contribution >= 4 is 35.1 Å². The number of amides is 2. The van der Waals surface area contributed by atoms with Gasteiger partial charge in [-0.15, -0.1) is 0 Å². The van der Waals surface area contributed by atoms with Crippen LogP contribution in [0.2, 0.25) is 5.02 Å². The summed E-state index contributed by atoms with van der Waals surface area (Å²) in [6.07, 6.45) is 0. The first kappa shape index (κ1) is 14.3. The molecule has 1 aromatic rings. The number of anilines is 1. The third kappa shape index (κ3) is 2.75. The van der Waals surface area contributed by atoms with Crippen molar-refractivity contribution in [3.63, 3.8) is 0 Å². The SMILES string of the molecule is CC1C(=O)N(CC(=O)O)C(=O)CN1c1cccc(Cl)c1. The van der Waals surface area contributed by atoms with Crippen LogP contribution < -0.4 is 4.90 Å². The van der Waals surface area contributed by atoms with Gasteiger partial charge in [-0.2, -0.15) is 0 Å². The van der Waals surface area contributed by atoms with Crippen LogP contribution in [0.1, 0.15) is 6.92 Å². The summed E-state index contributed by atoms with van der Waals surface area (Å²) in [4.78, 5) is 37.1. The van der Waals surface area contributed by atoms with Crippen molar-refractivity contribution in [1.29, 1.82) is 0 Å². The molecular formula is C13H13ClN2O4. The van der Waals surface area contributed by atoms with E-state index in [0.29, 0.717) is 10.7 Å². The normalized spacial score (nSPS) is 19.4. The third-order valence-corrected chi connectivity index (χ3v) is 3.37. The first-order valence-corrected chi connectivity index (χ1v) is 6.36. The Bertz CT molecular complexity index is 575. The second kappa shape index (κ2) is 5.50. The van der Waals surface area contributed by atoms with Gasteiger partial charge >= 0.3 is 5.97 Å². The van der Waals surface area contributed by atoms with E-state index in [-0.39, 0.29) is 6.54 Å². The van der Waals surface area contributed by atoms with Crippen LogP contribution in [0.3, 0.4) is 0 Å². The van der Waals surface area contributed by atoms with Crippen molar-refractivity contribution < 1.29 is 19.5 Å². The summed E-state index contributed by atoms with van der Waals surface area (Å²) >= 11 is 5.90. The van der Waals surface area contributed by atoms with E-state index in [1.807, 2.05) is 0 Å². The number of rotatable bonds is 3. The number of piperazine rings is 1. The van der Waals surface area contributed by atoms with Crippen molar-refractivity contribution in [1.82, 2.24) is 4.90 Å². The van der Waals surface area contributed by atoms with Gasteiger partial charge in [0.1, 0.15) is 12.6 Å². The fourth-order valence-corrected chi connectivity index (χ4v) is 2.31. The average Bonchev–Trinajstić information content (AvgIpc) is 2.38. The van der Waals surface area contributed by atoms with Crippen LogP contribution in [-0.2, 0) is 14.4 Å². The zero-order valence-corrected chi connectivity index (χ0v) is 11.5. The maximum Gasteiger partial charge on any atom is 0.323 e. The van der Waals surface area contributed by atoms with Crippen LogP contribution >= 0.6 is 11.6 Å². The maximum absolute atomic E-state index is 12.1. The van der Waals surface area contributed by atoms with E-state index in [1.165, 1.54) is 0 Å². The number of carbonyl (C=O) groups is 3. The van der Waals surface area contributed by atoms with Gasteiger partial charge in [0.2, 0.25) is 5.91 Å². The van der Waals surface area contributed by atoms with E-state index in [2.05, 4.69) is 0 Å². The molecule has 0 radical (unpaired) electrons. The molecule has 106 valence electrons. The fraction of sp³-hybridized carbons (Fsp3) is 0.308. The number of carboxylic acid groups (broad SMARTS) is 1. The zero-order chi connectivity index (χ0) is 14.9. The molecule has 1 heterocycles. The van der Waals surface area contributed by atoms with Gasteiger partial charge < -0.3 is 10.0 Å². The highest BCUT2D eigenvalue weighted by molar-refractivity contribution is 6.30. The summed E-state index contributed by atoms with van der Waals surface area (Å²) in [6, 6.07) is 6.20. The average molecular weight is 297 g/mol. The Morgan fingerprint density at radius 1 is 1.45 bits per heavy atom. The Kier molecular flexibility index (Phi) is 3.94. The number of hydrogen-bond donors (Lipinski definition) is 1. The minimum Gasteiger partial charge on any atom is -0.480 e. The zero-order valence-electron chi connectivity index (χ0n) is 10.7. The fourth-order valence-electron chi connectivity index (χ4n) is 2.12. The van der Waals surface area contributed by atoms with Gasteiger partial charge in [0.05, 0.1) is 6.54 Å². The van der Waals surface area contributed by atoms with E-state index in [0.717, 1.165) is 4.90 Å². The number of hydrogen-bond acceptors (Lipinski definition) is 4. The lowest BCUT2D eigenvalue weighted by Crippen LogP contribution is -2.60. The van der Waals surface area contributed by atoms with Crippen LogP contribution in [0.15, 0.2) is 24.3 Å². The van der Waals surface area contributed by atoms with E-state index in [1.54, 1.807) is 36.1 Å². The summed E-state index contributed by atoms with van der Waals surface area (Å²) in [6.45, 7) is 0.969. The highest BCUT2D eigenvalue weighted by atomic mass is 35.5. The molecule has 1 unspecified atom stereocenters. The van der Waals surface area contributed by atoms with Gasteiger partial charge in [0.15, 0.2) is 0 Å². The number of nitrogens with zero attached hydrogens (tertiary/aromatic N) is 2. The maximum atomic E-state index is 12.1. The summed E-state index contributed by atoms with van der Waals surface area (Å²) in [5.74, 6) is -2.27. The van der Waals surface area contributed by atoms with Gasteiger partial charge in [0.25, 0.3) is 5.91 Å². The molecule has 0 spiro atoms. The number of imide groups is 1. The Hall–Kier alpha value is -2.08. The lowest BCUT2D eigenvalue weighted by atomic mass is 10.1. The summed E-state index contributed by atoms with van der Waals surface area (Å²) in [5, 5.41) is 9.23. The highest BCUT2D eigenvalue weighted by Gasteiger charge is 2.38. The molecule has 6 nitrogen and oxygen atoms in total. The quantitative estimate of drug-likeness (QED) is 0.842. The molecule has 1 aliphatic rings. The molecule has 2 rings (SSSR count). The minimum absolute atomic E-state index is 0.0550. The van der Waals surface area contributed by atoms with Crippen LogP contribution in [0.5, 0.6) is 0 Å². The summed E-state index contributed by atoms with van der Waals surface area (Å²) < 4.78 is 0. The molecule has 7 heteroatoms. The van der Waals surface area contributed by atoms with Gasteiger partial charge in [0, 0.05) is 10.7 Å². The first-order chi connectivity index (χ1) is 9.40. The van der Waals surface area contributed by atoms with Gasteiger partial charge in [-0.05, 0) is 25.1 Å². The topological polar surface area (TPSA) is 77.9 Å². The lowest BCUT2D eigenvalue weighted by molar-refractivity contribution is -0.154. The molecule has 0 aliphatic carbocycles. The number of carbonyl (C=O) groups excluding carboxylic acids is 2. The van der Waals surface area contributed by atoms with Crippen LogP contribution in [0.4, 0.5) is 5.69 Å². The molecule has 1 fully saturated rings. The van der Waals surface area contributed by atoms with Crippen molar-refractivity contribution in [2.24, 2.45) is 0 Å². The molecule has 0 saturated carbocycles. The molecule has 0 aromatic heterocycles. The number of benzene rings is 1. The monoisotopic (exact) mass is 296 g/mol. The molecule has 2 amide bonds. The predicted molar refractivity (Wildman–Crippen MR) is 72.6 cm³/mol. The van der Waals surface area contributed by atoms with E-state index >= 15 is 0 Å². The molecule has 1 aliphatic heterocycles. The molecular weight excluding hydrogens is 284 g/mol. The molecule has 20 heavy (non-hydrogen) atoms. The van der Waals surface area contributed by atoms with Crippen molar-refractivity contribution in [3.05, 3.63) is 29.3 Å². The summed E-state index contributed by atoms with van der Waals surface area (Å²) in [7, 11) is 0. The largest absolute Gasteiger partial charge is 0.480 e. The minimum atomic E-state index is -1.21.